The van der Waals surface area contributed by atoms with Crippen LogP contribution in [0.25, 0.3) is 0 Å². The van der Waals surface area contributed by atoms with Crippen molar-refractivity contribution in [1.29, 1.82) is 0 Å². The normalized spacial score (nSPS) is 18.7. The van der Waals surface area contributed by atoms with E-state index >= 15 is 0 Å². The lowest BCUT2D eigenvalue weighted by molar-refractivity contribution is 0.251. The van der Waals surface area contributed by atoms with E-state index in [0.717, 1.165) is 12.1 Å². The molecule has 4 nitrogen and oxygen atoms in total. The van der Waals surface area contributed by atoms with Gasteiger partial charge in [0.1, 0.15) is 11.6 Å². The second-order valence-electron chi connectivity index (χ2n) is 4.43. The zero-order valence-corrected chi connectivity index (χ0v) is 10.3. The van der Waals surface area contributed by atoms with Crippen LogP contribution in [0.2, 0.25) is 0 Å². The standard InChI is InChI=1S/C11H13F2NO3S/c12-9-4-8(11(6-15)1-2-11)10(13)3-7(9)5-14-18(16)17/h3-4,14-15H,1-2,5-6H2,(H,16,17). The first-order valence-electron chi connectivity index (χ1n) is 5.42. The minimum atomic E-state index is -2.27. The van der Waals surface area contributed by atoms with E-state index in [1.54, 1.807) is 0 Å². The lowest BCUT2D eigenvalue weighted by Crippen LogP contribution is -2.19. The van der Waals surface area contributed by atoms with E-state index in [2.05, 4.69) is 4.72 Å². The Morgan fingerprint density at radius 1 is 1.33 bits per heavy atom. The molecule has 0 aromatic heterocycles. The van der Waals surface area contributed by atoms with E-state index in [9.17, 15) is 18.1 Å². The van der Waals surface area contributed by atoms with Gasteiger partial charge >= 0.3 is 0 Å². The van der Waals surface area contributed by atoms with Gasteiger partial charge in [0.25, 0.3) is 0 Å². The van der Waals surface area contributed by atoms with Crippen molar-refractivity contribution in [3.63, 3.8) is 0 Å². The Morgan fingerprint density at radius 3 is 2.50 bits per heavy atom. The van der Waals surface area contributed by atoms with Crippen molar-refractivity contribution in [2.45, 2.75) is 24.8 Å². The first-order valence-corrected chi connectivity index (χ1v) is 6.53. The van der Waals surface area contributed by atoms with Crippen LogP contribution in [0.1, 0.15) is 24.0 Å². The second-order valence-corrected chi connectivity index (χ2v) is 5.22. The predicted octanol–water partition coefficient (Wildman–Crippen LogP) is 1.22. The van der Waals surface area contributed by atoms with E-state index in [0.29, 0.717) is 12.8 Å². The average molecular weight is 277 g/mol. The molecule has 0 amide bonds. The average Bonchev–Trinajstić information content (AvgIpc) is 3.10. The van der Waals surface area contributed by atoms with Gasteiger partial charge in [0, 0.05) is 17.5 Å². The largest absolute Gasteiger partial charge is 0.395 e. The van der Waals surface area contributed by atoms with Crippen molar-refractivity contribution in [3.05, 3.63) is 34.9 Å². The Labute approximate surface area is 105 Å². The fraction of sp³-hybridized carbons (Fsp3) is 0.455. The van der Waals surface area contributed by atoms with Crippen molar-refractivity contribution >= 4 is 11.3 Å². The molecule has 1 aliphatic carbocycles. The Balaban J connectivity index is 2.26. The van der Waals surface area contributed by atoms with Crippen LogP contribution in [-0.2, 0) is 23.2 Å². The lowest BCUT2D eigenvalue weighted by Gasteiger charge is -2.15. The molecule has 0 heterocycles. The third-order valence-corrected chi connectivity index (χ3v) is 3.64. The molecular weight excluding hydrogens is 264 g/mol. The van der Waals surface area contributed by atoms with Crippen LogP contribution < -0.4 is 4.72 Å². The smallest absolute Gasteiger partial charge is 0.232 e. The van der Waals surface area contributed by atoms with Crippen molar-refractivity contribution in [2.24, 2.45) is 0 Å². The summed E-state index contributed by atoms with van der Waals surface area (Å²) in [5.74, 6) is -1.24. The topological polar surface area (TPSA) is 69.6 Å². The Hall–Kier alpha value is -0.890. The third kappa shape index (κ3) is 2.59. The molecule has 0 saturated heterocycles. The summed E-state index contributed by atoms with van der Waals surface area (Å²) in [5, 5.41) is 9.20. The molecule has 3 N–H and O–H groups in total. The summed E-state index contributed by atoms with van der Waals surface area (Å²) in [5.41, 5.74) is -0.486. The quantitative estimate of drug-likeness (QED) is 0.709. The molecule has 1 unspecified atom stereocenters. The molecule has 1 aliphatic rings. The summed E-state index contributed by atoms with van der Waals surface area (Å²) in [6.07, 6.45) is 1.27. The van der Waals surface area contributed by atoms with Crippen LogP contribution >= 0.6 is 0 Å². The number of nitrogens with one attached hydrogen (secondary N) is 1. The number of rotatable bonds is 5. The molecule has 0 spiro atoms. The van der Waals surface area contributed by atoms with Gasteiger partial charge in [0.15, 0.2) is 0 Å². The number of hydrogen-bond acceptors (Lipinski definition) is 2. The minimum absolute atomic E-state index is 0.0209. The summed E-state index contributed by atoms with van der Waals surface area (Å²) in [7, 11) is 0. The van der Waals surface area contributed by atoms with Gasteiger partial charge in [-0.25, -0.2) is 17.7 Å². The zero-order valence-electron chi connectivity index (χ0n) is 9.45. The summed E-state index contributed by atoms with van der Waals surface area (Å²) >= 11 is -2.27. The molecule has 18 heavy (non-hydrogen) atoms. The highest BCUT2D eigenvalue weighted by Gasteiger charge is 2.45. The number of hydrogen-bond donors (Lipinski definition) is 3. The second kappa shape index (κ2) is 5.00. The minimum Gasteiger partial charge on any atom is -0.395 e. The molecule has 1 aromatic rings. The summed E-state index contributed by atoms with van der Waals surface area (Å²) in [6, 6.07) is 2.07. The van der Waals surface area contributed by atoms with Crippen molar-refractivity contribution in [2.75, 3.05) is 6.61 Å². The van der Waals surface area contributed by atoms with Gasteiger partial charge in [-0.3, -0.25) is 4.55 Å². The van der Waals surface area contributed by atoms with Gasteiger partial charge < -0.3 is 5.11 Å². The van der Waals surface area contributed by atoms with E-state index < -0.39 is 28.3 Å². The van der Waals surface area contributed by atoms with Crippen LogP contribution in [0.15, 0.2) is 12.1 Å². The molecule has 0 bridgehead atoms. The van der Waals surface area contributed by atoms with Crippen LogP contribution in [0.3, 0.4) is 0 Å². The fourth-order valence-corrected chi connectivity index (χ4v) is 2.21. The first kappa shape index (κ1) is 13.5. The molecule has 100 valence electrons. The Morgan fingerprint density at radius 2 is 2.00 bits per heavy atom. The van der Waals surface area contributed by atoms with E-state index in [1.165, 1.54) is 0 Å². The molecule has 1 saturated carbocycles. The van der Waals surface area contributed by atoms with E-state index in [1.807, 2.05) is 0 Å². The van der Waals surface area contributed by atoms with Gasteiger partial charge in [-0.05, 0) is 30.5 Å². The lowest BCUT2D eigenvalue weighted by atomic mass is 9.95. The summed E-state index contributed by atoms with van der Waals surface area (Å²) < 4.78 is 48.5. The van der Waals surface area contributed by atoms with Crippen LogP contribution in [0.4, 0.5) is 8.78 Å². The Kier molecular flexibility index (Phi) is 3.76. The molecule has 2 rings (SSSR count). The summed E-state index contributed by atoms with van der Waals surface area (Å²) in [6.45, 7) is -0.445. The van der Waals surface area contributed by atoms with Gasteiger partial charge in [-0.2, -0.15) is 0 Å². The van der Waals surface area contributed by atoms with Gasteiger partial charge in [-0.1, -0.05) is 0 Å². The molecule has 1 atom stereocenters. The van der Waals surface area contributed by atoms with Crippen LogP contribution in [-0.4, -0.2) is 20.5 Å². The van der Waals surface area contributed by atoms with Crippen molar-refractivity contribution < 1.29 is 22.6 Å². The SMILES string of the molecule is O=S(O)NCc1cc(F)c(C2(CO)CC2)cc1F. The molecule has 1 fully saturated rings. The maximum absolute atomic E-state index is 13.8. The monoisotopic (exact) mass is 277 g/mol. The maximum atomic E-state index is 13.8. The molecule has 0 aliphatic heterocycles. The van der Waals surface area contributed by atoms with Crippen molar-refractivity contribution in [1.82, 2.24) is 4.72 Å². The van der Waals surface area contributed by atoms with Gasteiger partial charge in [0.05, 0.1) is 6.61 Å². The predicted molar refractivity (Wildman–Crippen MR) is 62.0 cm³/mol. The number of halogens is 2. The van der Waals surface area contributed by atoms with Gasteiger partial charge in [-0.15, -0.1) is 0 Å². The maximum Gasteiger partial charge on any atom is 0.232 e. The fourth-order valence-electron chi connectivity index (χ4n) is 1.93. The number of aliphatic hydroxyl groups is 1. The Bertz CT molecular complexity index is 491. The zero-order chi connectivity index (χ0) is 13.3. The highest BCUT2D eigenvalue weighted by molar-refractivity contribution is 7.77. The van der Waals surface area contributed by atoms with Gasteiger partial charge in [0.2, 0.25) is 11.3 Å². The summed E-state index contributed by atoms with van der Waals surface area (Å²) in [4.78, 5) is 0. The highest BCUT2D eigenvalue weighted by Crippen LogP contribution is 2.48. The first-order chi connectivity index (χ1) is 8.48. The van der Waals surface area contributed by atoms with Crippen LogP contribution in [0.5, 0.6) is 0 Å². The van der Waals surface area contributed by atoms with E-state index in [-0.39, 0.29) is 24.3 Å². The highest BCUT2D eigenvalue weighted by atomic mass is 32.2. The molecule has 7 heteroatoms. The molecule has 1 aromatic carbocycles. The number of aliphatic hydroxyl groups excluding tert-OH is 1. The van der Waals surface area contributed by atoms with Crippen molar-refractivity contribution in [3.8, 4) is 0 Å². The molecule has 0 radical (unpaired) electrons. The molecular formula is C11H13F2NO3S. The van der Waals surface area contributed by atoms with E-state index in [4.69, 9.17) is 4.55 Å². The number of benzene rings is 1. The van der Waals surface area contributed by atoms with Crippen LogP contribution in [0, 0.1) is 11.6 Å². The third-order valence-electron chi connectivity index (χ3n) is 3.25.